The van der Waals surface area contributed by atoms with Crippen molar-refractivity contribution in [3.63, 3.8) is 0 Å². The first kappa shape index (κ1) is 25.5. The van der Waals surface area contributed by atoms with Crippen molar-refractivity contribution < 1.29 is 37.3 Å². The average Bonchev–Trinajstić information content (AvgIpc) is 3.36. The van der Waals surface area contributed by atoms with Gasteiger partial charge >= 0.3 is 12.1 Å². The van der Waals surface area contributed by atoms with Crippen molar-refractivity contribution >= 4 is 5.97 Å². The summed E-state index contributed by atoms with van der Waals surface area (Å²) in [5, 5.41) is 8.84. The highest BCUT2D eigenvalue weighted by molar-refractivity contribution is 5.68. The number of alkyl halides is 3. The van der Waals surface area contributed by atoms with E-state index in [0.717, 1.165) is 12.1 Å². The van der Waals surface area contributed by atoms with Crippen LogP contribution in [0.25, 0.3) is 11.4 Å². The SMILES string of the molecule is COc1ccc(C(Oc2ccc(OCC(=O)O)c(C)c2)c2cnc(-c3ccc(C(F)(F)F)cc3)[nH]2)cn1. The first-order chi connectivity index (χ1) is 17.6. The number of pyridine rings is 1. The molecule has 4 rings (SSSR count). The monoisotopic (exact) mass is 513 g/mol. The highest BCUT2D eigenvalue weighted by Crippen LogP contribution is 2.33. The number of imidazole rings is 1. The van der Waals surface area contributed by atoms with E-state index in [1.807, 2.05) is 0 Å². The summed E-state index contributed by atoms with van der Waals surface area (Å²) >= 11 is 0. The minimum Gasteiger partial charge on any atom is -0.482 e. The van der Waals surface area contributed by atoms with E-state index in [1.165, 1.54) is 19.2 Å². The van der Waals surface area contributed by atoms with Crippen molar-refractivity contribution in [3.8, 4) is 28.8 Å². The molecule has 0 aliphatic carbocycles. The van der Waals surface area contributed by atoms with Gasteiger partial charge in [0, 0.05) is 23.4 Å². The summed E-state index contributed by atoms with van der Waals surface area (Å²) in [5.41, 5.74) is 1.58. The number of hydrogen-bond donors (Lipinski definition) is 2. The van der Waals surface area contributed by atoms with Gasteiger partial charge in [-0.05, 0) is 48.9 Å². The average molecular weight is 513 g/mol. The number of methoxy groups -OCH3 is 1. The number of carbonyl (C=O) groups is 1. The molecular weight excluding hydrogens is 491 g/mol. The molecule has 0 saturated heterocycles. The third kappa shape index (κ3) is 6.18. The van der Waals surface area contributed by atoms with Gasteiger partial charge in [0.25, 0.3) is 0 Å². The van der Waals surface area contributed by atoms with Gasteiger partial charge in [-0.1, -0.05) is 12.1 Å². The zero-order valence-corrected chi connectivity index (χ0v) is 19.7. The van der Waals surface area contributed by atoms with Crippen LogP contribution in [0.2, 0.25) is 0 Å². The van der Waals surface area contributed by atoms with Gasteiger partial charge in [-0.15, -0.1) is 0 Å². The molecule has 2 heterocycles. The summed E-state index contributed by atoms with van der Waals surface area (Å²) in [6.07, 6.45) is -2.02. The van der Waals surface area contributed by atoms with Crippen LogP contribution in [0.3, 0.4) is 0 Å². The fourth-order valence-corrected chi connectivity index (χ4v) is 3.54. The summed E-state index contributed by atoms with van der Waals surface area (Å²) in [4.78, 5) is 22.5. The Hall–Kier alpha value is -4.54. The first-order valence-electron chi connectivity index (χ1n) is 11.0. The summed E-state index contributed by atoms with van der Waals surface area (Å²) < 4.78 is 55.4. The Bertz CT molecular complexity index is 1370. The number of carboxylic acid groups (broad SMARTS) is 1. The molecule has 2 aromatic heterocycles. The normalized spacial score (nSPS) is 12.1. The lowest BCUT2D eigenvalue weighted by Crippen LogP contribution is -2.12. The standard InChI is InChI=1S/C26H22F3N3O5/c1-15-11-19(8-9-21(15)36-14-23(33)34)37-24(17-5-10-22(35-2)30-12-17)20-13-31-25(32-20)16-3-6-18(7-4-16)26(27,28)29/h3-13,24H,14H2,1-2H3,(H,31,32)(H,33,34). The Kier molecular flexibility index (Phi) is 7.32. The van der Waals surface area contributed by atoms with Gasteiger partial charge in [-0.2, -0.15) is 13.2 Å². The smallest absolute Gasteiger partial charge is 0.416 e. The van der Waals surface area contributed by atoms with Crippen LogP contribution in [0, 0.1) is 6.92 Å². The molecule has 0 aliphatic heterocycles. The number of aromatic nitrogens is 3. The third-order valence-corrected chi connectivity index (χ3v) is 5.39. The van der Waals surface area contributed by atoms with Gasteiger partial charge in [-0.25, -0.2) is 14.8 Å². The maximum absolute atomic E-state index is 12.9. The van der Waals surface area contributed by atoms with Crippen molar-refractivity contribution in [1.29, 1.82) is 0 Å². The molecule has 0 aliphatic rings. The van der Waals surface area contributed by atoms with Crippen molar-refractivity contribution in [1.82, 2.24) is 15.0 Å². The minimum atomic E-state index is -4.43. The zero-order valence-electron chi connectivity index (χ0n) is 19.7. The minimum absolute atomic E-state index is 0.368. The maximum Gasteiger partial charge on any atom is 0.416 e. The number of rotatable bonds is 9. The van der Waals surface area contributed by atoms with Crippen LogP contribution in [0.5, 0.6) is 17.4 Å². The topological polar surface area (TPSA) is 107 Å². The van der Waals surface area contributed by atoms with Crippen molar-refractivity contribution in [2.24, 2.45) is 0 Å². The summed E-state index contributed by atoms with van der Waals surface area (Å²) in [6, 6.07) is 13.1. The van der Waals surface area contributed by atoms with Crippen LogP contribution in [-0.4, -0.2) is 39.7 Å². The molecule has 2 aromatic carbocycles. The number of nitrogens with zero attached hydrogens (tertiary/aromatic N) is 2. The van der Waals surface area contributed by atoms with Gasteiger partial charge in [0.2, 0.25) is 5.88 Å². The molecule has 0 radical (unpaired) electrons. The molecule has 0 fully saturated rings. The van der Waals surface area contributed by atoms with Gasteiger partial charge in [0.15, 0.2) is 12.7 Å². The Balaban J connectivity index is 1.64. The van der Waals surface area contributed by atoms with Crippen molar-refractivity contribution in [2.45, 2.75) is 19.2 Å². The van der Waals surface area contributed by atoms with Crippen LogP contribution in [0.1, 0.15) is 28.5 Å². The second-order valence-electron chi connectivity index (χ2n) is 8.00. The van der Waals surface area contributed by atoms with Crippen LogP contribution in [0.4, 0.5) is 13.2 Å². The number of aromatic amines is 1. The van der Waals surface area contributed by atoms with E-state index in [0.29, 0.717) is 45.6 Å². The fourth-order valence-electron chi connectivity index (χ4n) is 3.54. The second-order valence-corrected chi connectivity index (χ2v) is 8.00. The Labute approximate surface area is 209 Å². The van der Waals surface area contributed by atoms with E-state index in [-0.39, 0.29) is 0 Å². The molecule has 0 spiro atoms. The molecule has 1 unspecified atom stereocenters. The number of halogens is 3. The van der Waals surface area contributed by atoms with Gasteiger partial charge in [-0.3, -0.25) is 0 Å². The van der Waals surface area contributed by atoms with Crippen LogP contribution in [0.15, 0.2) is 67.0 Å². The Morgan fingerprint density at radius 1 is 1.05 bits per heavy atom. The van der Waals surface area contributed by atoms with E-state index < -0.39 is 30.4 Å². The first-order valence-corrected chi connectivity index (χ1v) is 11.0. The lowest BCUT2D eigenvalue weighted by Gasteiger charge is -2.19. The largest absolute Gasteiger partial charge is 0.482 e. The number of carboxylic acids is 1. The number of hydrogen-bond acceptors (Lipinski definition) is 6. The molecule has 4 aromatic rings. The summed E-state index contributed by atoms with van der Waals surface area (Å²) in [6.45, 7) is 1.29. The van der Waals surface area contributed by atoms with Crippen LogP contribution < -0.4 is 14.2 Å². The van der Waals surface area contributed by atoms with Crippen LogP contribution in [-0.2, 0) is 11.0 Å². The number of nitrogens with one attached hydrogen (secondary N) is 1. The zero-order chi connectivity index (χ0) is 26.6. The lowest BCUT2D eigenvalue weighted by atomic mass is 10.1. The predicted molar refractivity (Wildman–Crippen MR) is 127 cm³/mol. The Morgan fingerprint density at radius 2 is 1.81 bits per heavy atom. The lowest BCUT2D eigenvalue weighted by molar-refractivity contribution is -0.139. The highest BCUT2D eigenvalue weighted by atomic mass is 19.4. The molecule has 0 bridgehead atoms. The molecule has 37 heavy (non-hydrogen) atoms. The number of aliphatic carboxylic acids is 1. The third-order valence-electron chi connectivity index (χ3n) is 5.39. The quantitative estimate of drug-likeness (QED) is 0.307. The Morgan fingerprint density at radius 3 is 2.41 bits per heavy atom. The molecule has 2 N–H and O–H groups in total. The highest BCUT2D eigenvalue weighted by Gasteiger charge is 2.30. The summed E-state index contributed by atoms with van der Waals surface area (Å²) in [7, 11) is 1.50. The second kappa shape index (κ2) is 10.6. The fraction of sp³-hybridized carbons (Fsp3) is 0.192. The molecule has 192 valence electrons. The van der Waals surface area contributed by atoms with Crippen molar-refractivity contribution in [3.05, 3.63) is 89.4 Å². The van der Waals surface area contributed by atoms with E-state index in [9.17, 15) is 18.0 Å². The van der Waals surface area contributed by atoms with Gasteiger partial charge < -0.3 is 24.3 Å². The molecular formula is C26H22F3N3O5. The van der Waals surface area contributed by atoms with Gasteiger partial charge in [0.1, 0.15) is 17.3 Å². The molecule has 11 heteroatoms. The van der Waals surface area contributed by atoms with E-state index >= 15 is 0 Å². The van der Waals surface area contributed by atoms with Gasteiger partial charge in [0.05, 0.1) is 24.6 Å². The van der Waals surface area contributed by atoms with Crippen molar-refractivity contribution in [2.75, 3.05) is 13.7 Å². The van der Waals surface area contributed by atoms with E-state index in [1.54, 1.807) is 49.6 Å². The number of H-pyrrole nitrogens is 1. The summed E-state index contributed by atoms with van der Waals surface area (Å²) in [5.74, 6) is 0.561. The number of benzene rings is 2. The maximum atomic E-state index is 12.9. The predicted octanol–water partition coefficient (Wildman–Crippen LogP) is 5.44. The molecule has 0 amide bonds. The number of aryl methyl sites for hydroxylation is 1. The van der Waals surface area contributed by atoms with E-state index in [4.69, 9.17) is 19.3 Å². The molecule has 1 atom stereocenters. The number of ether oxygens (including phenoxy) is 3. The molecule has 8 nitrogen and oxygen atoms in total. The van der Waals surface area contributed by atoms with E-state index in [2.05, 4.69) is 15.0 Å². The molecule has 0 saturated carbocycles. The van der Waals surface area contributed by atoms with Crippen LogP contribution >= 0.6 is 0 Å².